The van der Waals surface area contributed by atoms with Gasteiger partial charge in [0.05, 0.1) is 19.1 Å². The van der Waals surface area contributed by atoms with Crippen LogP contribution in [0.15, 0.2) is 0 Å². The van der Waals surface area contributed by atoms with E-state index >= 15 is 0 Å². The lowest BCUT2D eigenvalue weighted by molar-refractivity contribution is -0.139. The average Bonchev–Trinajstić information content (AvgIpc) is 1.65. The molecule has 0 fully saturated rings. The highest BCUT2D eigenvalue weighted by Crippen LogP contribution is 1.87. The largest absolute Gasteiger partial charge is 0.481 e. The van der Waals surface area contributed by atoms with Gasteiger partial charge in [-0.05, 0) is 0 Å². The lowest BCUT2D eigenvalue weighted by Gasteiger charge is -1.99. The second kappa shape index (κ2) is 3.40. The Balaban J connectivity index is 3.24. The van der Waals surface area contributed by atoms with Crippen LogP contribution in [0.25, 0.3) is 0 Å². The van der Waals surface area contributed by atoms with Gasteiger partial charge in [0.2, 0.25) is 0 Å². The molecule has 0 rings (SSSR count). The standard InChI is InChI=1S/C4H8O4/c5-2-3(6)1-4(7)8/h3,5-6H,1-2H2,(H,7,8)/t3-/m1/s1. The highest BCUT2D eigenvalue weighted by atomic mass is 16.4. The van der Waals surface area contributed by atoms with Crippen molar-refractivity contribution < 1.29 is 20.1 Å². The zero-order valence-electron chi connectivity index (χ0n) is 4.24. The number of hydrogen-bond acceptors (Lipinski definition) is 3. The third-order valence-corrected chi connectivity index (χ3v) is 0.621. The maximum atomic E-state index is 9.70. The summed E-state index contributed by atoms with van der Waals surface area (Å²) in [5, 5.41) is 24.4. The Bertz CT molecular complexity index is 80.1. The quantitative estimate of drug-likeness (QED) is 0.438. The zero-order valence-corrected chi connectivity index (χ0v) is 4.24. The number of aliphatic hydroxyl groups excluding tert-OH is 2. The van der Waals surface area contributed by atoms with Crippen LogP contribution in [0.1, 0.15) is 6.42 Å². The maximum absolute atomic E-state index is 9.70. The second-order valence-corrected chi connectivity index (χ2v) is 1.43. The Kier molecular flexibility index (Phi) is 3.14. The van der Waals surface area contributed by atoms with Gasteiger partial charge in [-0.25, -0.2) is 0 Å². The monoisotopic (exact) mass is 120 g/mol. The molecule has 3 N–H and O–H groups in total. The number of carboxylic acids is 1. The molecular formula is C4H8O4. The number of hydrogen-bond donors (Lipinski definition) is 3. The van der Waals surface area contributed by atoms with Crippen molar-refractivity contribution in [2.45, 2.75) is 12.5 Å². The van der Waals surface area contributed by atoms with Crippen LogP contribution in [-0.4, -0.2) is 34.0 Å². The van der Waals surface area contributed by atoms with Crippen molar-refractivity contribution in [1.29, 1.82) is 0 Å². The topological polar surface area (TPSA) is 77.8 Å². The van der Waals surface area contributed by atoms with E-state index in [0.717, 1.165) is 0 Å². The molecule has 48 valence electrons. The van der Waals surface area contributed by atoms with Crippen LogP contribution in [0, 0.1) is 0 Å². The van der Waals surface area contributed by atoms with Crippen LogP contribution in [-0.2, 0) is 4.79 Å². The van der Waals surface area contributed by atoms with Crippen molar-refractivity contribution in [3.63, 3.8) is 0 Å². The summed E-state index contributed by atoms with van der Waals surface area (Å²) in [5.74, 6) is -1.11. The fourth-order valence-electron chi connectivity index (χ4n) is 0.266. The molecule has 0 saturated heterocycles. The first kappa shape index (κ1) is 7.39. The van der Waals surface area contributed by atoms with Gasteiger partial charge in [0.15, 0.2) is 0 Å². The number of carboxylic acid groups (broad SMARTS) is 1. The summed E-state index contributed by atoms with van der Waals surface area (Å²) in [4.78, 5) is 9.70. The van der Waals surface area contributed by atoms with Crippen LogP contribution in [0.3, 0.4) is 0 Å². The highest BCUT2D eigenvalue weighted by molar-refractivity contribution is 5.67. The first-order valence-corrected chi connectivity index (χ1v) is 2.17. The molecule has 0 aromatic carbocycles. The number of aliphatic hydroxyl groups is 2. The van der Waals surface area contributed by atoms with E-state index in [4.69, 9.17) is 15.3 Å². The first-order chi connectivity index (χ1) is 3.66. The molecule has 0 bridgehead atoms. The van der Waals surface area contributed by atoms with Gasteiger partial charge in [0.1, 0.15) is 0 Å². The summed E-state index contributed by atoms with van der Waals surface area (Å²) in [6, 6.07) is 0. The van der Waals surface area contributed by atoms with Crippen LogP contribution < -0.4 is 0 Å². The lowest BCUT2D eigenvalue weighted by atomic mass is 10.3. The van der Waals surface area contributed by atoms with Crippen LogP contribution in [0.2, 0.25) is 0 Å². The van der Waals surface area contributed by atoms with Gasteiger partial charge in [-0.1, -0.05) is 0 Å². The van der Waals surface area contributed by atoms with Gasteiger partial charge < -0.3 is 15.3 Å². The smallest absolute Gasteiger partial charge is 0.306 e. The fourth-order valence-corrected chi connectivity index (χ4v) is 0.266. The van der Waals surface area contributed by atoms with Crippen molar-refractivity contribution in [3.8, 4) is 0 Å². The van der Waals surface area contributed by atoms with E-state index in [2.05, 4.69) is 0 Å². The summed E-state index contributed by atoms with van der Waals surface area (Å²) in [6.45, 7) is -0.494. The van der Waals surface area contributed by atoms with E-state index in [-0.39, 0.29) is 0 Å². The van der Waals surface area contributed by atoms with E-state index in [1.165, 1.54) is 0 Å². The molecule has 0 aromatic heterocycles. The van der Waals surface area contributed by atoms with Crippen molar-refractivity contribution in [1.82, 2.24) is 0 Å². The van der Waals surface area contributed by atoms with Crippen molar-refractivity contribution >= 4 is 5.97 Å². The van der Waals surface area contributed by atoms with Gasteiger partial charge in [-0.2, -0.15) is 0 Å². The zero-order chi connectivity index (χ0) is 6.57. The molecule has 0 amide bonds. The van der Waals surface area contributed by atoms with Crippen molar-refractivity contribution in [2.75, 3.05) is 6.61 Å². The minimum atomic E-state index is -1.12. The van der Waals surface area contributed by atoms with E-state index < -0.39 is 25.1 Å². The molecule has 0 saturated carbocycles. The molecule has 0 radical (unpaired) electrons. The summed E-state index contributed by atoms with van der Waals surface area (Å²) >= 11 is 0. The highest BCUT2D eigenvalue weighted by Gasteiger charge is 2.05. The molecule has 0 aliphatic heterocycles. The predicted molar refractivity (Wildman–Crippen MR) is 25.3 cm³/mol. The molecule has 4 nitrogen and oxygen atoms in total. The summed E-state index contributed by atoms with van der Waals surface area (Å²) in [5.41, 5.74) is 0. The van der Waals surface area contributed by atoms with E-state index in [1.54, 1.807) is 0 Å². The molecule has 0 spiro atoms. The van der Waals surface area contributed by atoms with Crippen LogP contribution >= 0.6 is 0 Å². The summed E-state index contributed by atoms with van der Waals surface area (Å²) in [6.07, 6.45) is -1.51. The van der Waals surface area contributed by atoms with Crippen LogP contribution in [0.4, 0.5) is 0 Å². The van der Waals surface area contributed by atoms with Crippen molar-refractivity contribution in [3.05, 3.63) is 0 Å². The minimum absolute atomic E-state index is 0.392. The average molecular weight is 120 g/mol. The predicted octanol–water partition coefficient (Wildman–Crippen LogP) is -1.19. The Morgan fingerprint density at radius 2 is 2.12 bits per heavy atom. The van der Waals surface area contributed by atoms with Gasteiger partial charge >= 0.3 is 5.97 Å². The summed E-state index contributed by atoms with van der Waals surface area (Å²) in [7, 11) is 0. The first-order valence-electron chi connectivity index (χ1n) is 2.17. The number of aliphatic carboxylic acids is 1. The molecule has 0 aliphatic carbocycles. The van der Waals surface area contributed by atoms with Gasteiger partial charge in [-0.15, -0.1) is 0 Å². The molecule has 0 aliphatic rings. The van der Waals surface area contributed by atoms with Gasteiger partial charge in [0.25, 0.3) is 0 Å². The second-order valence-electron chi connectivity index (χ2n) is 1.43. The molecule has 0 heterocycles. The normalized spacial score (nSPS) is 13.2. The number of rotatable bonds is 3. The maximum Gasteiger partial charge on any atom is 0.306 e. The molecule has 1 atom stereocenters. The van der Waals surface area contributed by atoms with Gasteiger partial charge in [0, 0.05) is 0 Å². The van der Waals surface area contributed by atoms with Gasteiger partial charge in [-0.3, -0.25) is 4.79 Å². The third-order valence-electron chi connectivity index (χ3n) is 0.621. The van der Waals surface area contributed by atoms with Crippen molar-refractivity contribution in [2.24, 2.45) is 0 Å². The van der Waals surface area contributed by atoms with E-state index in [0.29, 0.717) is 0 Å². The Labute approximate surface area is 46.4 Å². The third kappa shape index (κ3) is 3.58. The number of carbonyl (C=O) groups is 1. The molecule has 0 aromatic rings. The minimum Gasteiger partial charge on any atom is -0.481 e. The molecule has 8 heavy (non-hydrogen) atoms. The Hall–Kier alpha value is -0.610. The fraction of sp³-hybridized carbons (Fsp3) is 0.750. The molecule has 4 heteroatoms. The SMILES string of the molecule is O=C(O)C[C@@H](O)CO. The Morgan fingerprint density at radius 1 is 1.62 bits per heavy atom. The summed E-state index contributed by atoms with van der Waals surface area (Å²) < 4.78 is 0. The lowest BCUT2D eigenvalue weighted by Crippen LogP contribution is -2.16. The molecule has 0 unspecified atom stereocenters. The molecular weight excluding hydrogens is 112 g/mol. The van der Waals surface area contributed by atoms with Crippen LogP contribution in [0.5, 0.6) is 0 Å². The Morgan fingerprint density at radius 3 is 2.25 bits per heavy atom. The van der Waals surface area contributed by atoms with E-state index in [9.17, 15) is 4.79 Å². The van der Waals surface area contributed by atoms with E-state index in [1.807, 2.05) is 0 Å².